The first-order chi connectivity index (χ1) is 13.4. The molecular weight excluding hydrogens is 348 g/mol. The molecule has 0 aliphatic carbocycles. The number of nitrogens with two attached hydrogens (primary N) is 2. The number of allylic oxidation sites excluding steroid dienone is 1. The fourth-order valence-electron chi connectivity index (χ4n) is 2.79. The highest BCUT2D eigenvalue weighted by molar-refractivity contribution is 6.06. The van der Waals surface area contributed by atoms with Crippen LogP contribution in [-0.4, -0.2) is 5.78 Å². The van der Waals surface area contributed by atoms with E-state index in [1.54, 1.807) is 48.5 Å². The van der Waals surface area contributed by atoms with Crippen LogP contribution in [0.3, 0.4) is 0 Å². The van der Waals surface area contributed by atoms with E-state index in [0.717, 1.165) is 5.56 Å². The molecule has 28 heavy (non-hydrogen) atoms. The molecule has 0 aliphatic heterocycles. The Labute approximate surface area is 165 Å². The number of benzene rings is 3. The Balaban J connectivity index is 1.66. The van der Waals surface area contributed by atoms with E-state index in [1.165, 1.54) is 5.56 Å². The number of hydrogen-bond donors (Lipinski definition) is 2. The molecule has 0 saturated heterocycles. The number of carbonyl (C=O) groups is 1. The van der Waals surface area contributed by atoms with Crippen LogP contribution in [-0.2, 0) is 0 Å². The van der Waals surface area contributed by atoms with Gasteiger partial charge in [-0.25, -0.2) is 0 Å². The minimum absolute atomic E-state index is 0.0623. The monoisotopic (exact) mass is 372 g/mol. The van der Waals surface area contributed by atoms with Gasteiger partial charge >= 0.3 is 0 Å². The fraction of sp³-hybridized carbons (Fsp3) is 0.125. The second kappa shape index (κ2) is 8.44. The first kappa shape index (κ1) is 19.2. The van der Waals surface area contributed by atoms with Gasteiger partial charge in [-0.05, 0) is 53.5 Å². The minimum atomic E-state index is -0.0623. The molecule has 0 saturated carbocycles. The maximum atomic E-state index is 12.4. The molecule has 0 fully saturated rings. The quantitative estimate of drug-likeness (QED) is 0.332. The third-order valence-electron chi connectivity index (χ3n) is 4.36. The number of nitrogen functional groups attached to an aromatic ring is 2. The summed E-state index contributed by atoms with van der Waals surface area (Å²) in [6, 6.07) is 20.2. The molecule has 3 aromatic carbocycles. The molecule has 142 valence electrons. The molecule has 4 N–H and O–H groups in total. The lowest BCUT2D eigenvalue weighted by atomic mass is 10.0. The van der Waals surface area contributed by atoms with Crippen molar-refractivity contribution in [2.24, 2.45) is 0 Å². The molecule has 0 radical (unpaired) electrons. The smallest absolute Gasteiger partial charge is 0.185 e. The summed E-state index contributed by atoms with van der Waals surface area (Å²) in [7, 11) is 0. The molecule has 3 aromatic rings. The zero-order chi connectivity index (χ0) is 20.1. The van der Waals surface area contributed by atoms with Crippen molar-refractivity contribution >= 4 is 23.2 Å². The van der Waals surface area contributed by atoms with Gasteiger partial charge in [-0.2, -0.15) is 0 Å². The van der Waals surface area contributed by atoms with E-state index in [1.807, 2.05) is 18.2 Å². The van der Waals surface area contributed by atoms with Gasteiger partial charge in [-0.15, -0.1) is 0 Å². The number of ether oxygens (including phenoxy) is 1. The van der Waals surface area contributed by atoms with Gasteiger partial charge in [0.25, 0.3) is 0 Å². The average molecular weight is 372 g/mol. The van der Waals surface area contributed by atoms with E-state index in [0.29, 0.717) is 34.4 Å². The molecule has 0 unspecified atom stereocenters. The van der Waals surface area contributed by atoms with Crippen LogP contribution >= 0.6 is 0 Å². The van der Waals surface area contributed by atoms with E-state index < -0.39 is 0 Å². The number of hydrogen-bond acceptors (Lipinski definition) is 4. The highest BCUT2D eigenvalue weighted by Gasteiger charge is 2.05. The molecule has 0 aliphatic rings. The van der Waals surface area contributed by atoms with E-state index in [9.17, 15) is 4.79 Å². The van der Waals surface area contributed by atoms with Crippen LogP contribution in [0.1, 0.15) is 41.3 Å². The van der Waals surface area contributed by atoms with Crippen molar-refractivity contribution in [3.63, 3.8) is 0 Å². The van der Waals surface area contributed by atoms with E-state index in [4.69, 9.17) is 16.2 Å². The molecule has 0 atom stereocenters. The highest BCUT2D eigenvalue weighted by atomic mass is 16.5. The molecular formula is C24H24N2O2. The third kappa shape index (κ3) is 5.01. The largest absolute Gasteiger partial charge is 0.457 e. The summed E-state index contributed by atoms with van der Waals surface area (Å²) in [5.41, 5.74) is 15.5. The van der Waals surface area contributed by atoms with Gasteiger partial charge in [0.1, 0.15) is 11.5 Å². The van der Waals surface area contributed by atoms with Crippen LogP contribution in [0.5, 0.6) is 11.5 Å². The lowest BCUT2D eigenvalue weighted by Crippen LogP contribution is -1.95. The SMILES string of the molecule is CC(C)c1ccc(C=CC(=O)c2ccc(Oc3cc(N)cc(N)c3)cc2)cc1. The van der Waals surface area contributed by atoms with Crippen molar-refractivity contribution in [3.8, 4) is 11.5 Å². The highest BCUT2D eigenvalue weighted by Crippen LogP contribution is 2.26. The van der Waals surface area contributed by atoms with Crippen molar-refractivity contribution in [1.82, 2.24) is 0 Å². The van der Waals surface area contributed by atoms with E-state index >= 15 is 0 Å². The molecule has 0 bridgehead atoms. The zero-order valence-corrected chi connectivity index (χ0v) is 16.1. The van der Waals surface area contributed by atoms with Crippen LogP contribution in [0.2, 0.25) is 0 Å². The van der Waals surface area contributed by atoms with E-state index in [-0.39, 0.29) is 5.78 Å². The second-order valence-electron chi connectivity index (χ2n) is 6.98. The summed E-state index contributed by atoms with van der Waals surface area (Å²) in [6.45, 7) is 4.31. The van der Waals surface area contributed by atoms with Crippen LogP contribution in [0.4, 0.5) is 11.4 Å². The Bertz CT molecular complexity index is 968. The zero-order valence-electron chi connectivity index (χ0n) is 16.1. The lowest BCUT2D eigenvalue weighted by Gasteiger charge is -2.08. The van der Waals surface area contributed by atoms with E-state index in [2.05, 4.69) is 26.0 Å². The Kier molecular flexibility index (Phi) is 5.80. The van der Waals surface area contributed by atoms with Crippen molar-refractivity contribution in [2.45, 2.75) is 19.8 Å². The minimum Gasteiger partial charge on any atom is -0.457 e. The third-order valence-corrected chi connectivity index (χ3v) is 4.36. The maximum Gasteiger partial charge on any atom is 0.185 e. The number of rotatable bonds is 6. The number of ketones is 1. The number of carbonyl (C=O) groups excluding carboxylic acids is 1. The lowest BCUT2D eigenvalue weighted by molar-refractivity contribution is 0.104. The Morgan fingerprint density at radius 1 is 0.857 bits per heavy atom. The van der Waals surface area contributed by atoms with Gasteiger partial charge in [0.05, 0.1) is 0 Å². The second-order valence-corrected chi connectivity index (χ2v) is 6.98. The molecule has 0 aromatic heterocycles. The van der Waals surface area contributed by atoms with Crippen LogP contribution < -0.4 is 16.2 Å². The maximum absolute atomic E-state index is 12.4. The van der Waals surface area contributed by atoms with Crippen LogP contribution in [0.15, 0.2) is 72.8 Å². The van der Waals surface area contributed by atoms with Gasteiger partial charge in [-0.3, -0.25) is 4.79 Å². The summed E-state index contributed by atoms with van der Waals surface area (Å²) >= 11 is 0. The van der Waals surface area contributed by atoms with Gasteiger partial charge in [0.15, 0.2) is 5.78 Å². The molecule has 4 heteroatoms. The Hall–Kier alpha value is -3.53. The molecule has 4 nitrogen and oxygen atoms in total. The Morgan fingerprint density at radius 3 is 2.04 bits per heavy atom. The van der Waals surface area contributed by atoms with Gasteiger partial charge in [0.2, 0.25) is 0 Å². The van der Waals surface area contributed by atoms with Gasteiger partial charge in [-0.1, -0.05) is 44.2 Å². The topological polar surface area (TPSA) is 78.3 Å². The summed E-state index contributed by atoms with van der Waals surface area (Å²) in [6.07, 6.45) is 3.41. The van der Waals surface area contributed by atoms with Crippen LogP contribution in [0, 0.1) is 0 Å². The predicted octanol–water partition coefficient (Wildman–Crippen LogP) is 5.66. The first-order valence-electron chi connectivity index (χ1n) is 9.17. The number of anilines is 2. The molecule has 0 heterocycles. The van der Waals surface area contributed by atoms with Crippen LogP contribution in [0.25, 0.3) is 6.08 Å². The van der Waals surface area contributed by atoms with Crippen molar-refractivity contribution < 1.29 is 9.53 Å². The molecule has 0 amide bonds. The average Bonchev–Trinajstić information content (AvgIpc) is 2.66. The summed E-state index contributed by atoms with van der Waals surface area (Å²) in [4.78, 5) is 12.4. The summed E-state index contributed by atoms with van der Waals surface area (Å²) in [5, 5.41) is 0. The predicted molar refractivity (Wildman–Crippen MR) is 116 cm³/mol. The summed E-state index contributed by atoms with van der Waals surface area (Å²) in [5.74, 6) is 1.59. The summed E-state index contributed by atoms with van der Waals surface area (Å²) < 4.78 is 5.75. The van der Waals surface area contributed by atoms with Crippen molar-refractivity contribution in [1.29, 1.82) is 0 Å². The van der Waals surface area contributed by atoms with Gasteiger partial charge in [0, 0.05) is 29.1 Å². The Morgan fingerprint density at radius 2 is 1.46 bits per heavy atom. The normalized spacial score (nSPS) is 11.1. The standard InChI is InChI=1S/C24H24N2O2/c1-16(2)18-6-3-17(4-7-18)5-12-24(27)19-8-10-22(11-9-19)28-23-14-20(25)13-21(26)15-23/h3-16H,25-26H2,1-2H3. The fourth-order valence-corrected chi connectivity index (χ4v) is 2.79. The molecule has 0 spiro atoms. The van der Waals surface area contributed by atoms with Crippen molar-refractivity contribution in [3.05, 3.63) is 89.5 Å². The van der Waals surface area contributed by atoms with Crippen molar-refractivity contribution in [2.75, 3.05) is 11.5 Å². The molecule has 3 rings (SSSR count). The van der Waals surface area contributed by atoms with Gasteiger partial charge < -0.3 is 16.2 Å². The first-order valence-corrected chi connectivity index (χ1v) is 9.17.